The molecule has 10 heteroatoms. The van der Waals surface area contributed by atoms with Crippen LogP contribution < -0.4 is 10.5 Å². The zero-order chi connectivity index (χ0) is 20.0. The molecular formula is C16H22N2O6S2. The Labute approximate surface area is 153 Å². The molecule has 1 rings (SSSR count). The zero-order valence-electron chi connectivity index (χ0n) is 14.4. The van der Waals surface area contributed by atoms with Crippen molar-refractivity contribution in [3.63, 3.8) is 0 Å². The second kappa shape index (κ2) is 8.86. The van der Waals surface area contributed by atoms with Gasteiger partial charge in [0.2, 0.25) is 0 Å². The third kappa shape index (κ3) is 6.19. The first-order valence-corrected chi connectivity index (χ1v) is 10.9. The van der Waals surface area contributed by atoms with Gasteiger partial charge in [0.1, 0.15) is 5.75 Å². The number of nitrogens with two attached hydrogens (primary N) is 1. The largest absolute Gasteiger partial charge is 0.495 e. The number of nitrogens with zero attached hydrogens (tertiary/aromatic N) is 1. The van der Waals surface area contributed by atoms with E-state index in [9.17, 15) is 21.6 Å². The van der Waals surface area contributed by atoms with E-state index < -0.39 is 25.6 Å². The average Bonchev–Trinajstić information content (AvgIpc) is 2.61. The van der Waals surface area contributed by atoms with Crippen LogP contribution in [-0.2, 0) is 19.7 Å². The number of benzene rings is 1. The van der Waals surface area contributed by atoms with E-state index >= 15 is 0 Å². The number of carbonyl (C=O) groups excluding carboxylic acids is 1. The van der Waals surface area contributed by atoms with Gasteiger partial charge >= 0.3 is 0 Å². The van der Waals surface area contributed by atoms with Gasteiger partial charge in [-0.2, -0.15) is 0 Å². The molecule has 0 aliphatic rings. The third-order valence-corrected chi connectivity index (χ3v) is 6.08. The van der Waals surface area contributed by atoms with Crippen LogP contribution in [0, 0.1) is 0 Å². The number of ether oxygens (including phenoxy) is 1. The van der Waals surface area contributed by atoms with Gasteiger partial charge in [0, 0.05) is 29.5 Å². The van der Waals surface area contributed by atoms with Gasteiger partial charge in [-0.05, 0) is 18.2 Å². The summed E-state index contributed by atoms with van der Waals surface area (Å²) in [7, 11) is -5.68. The lowest BCUT2D eigenvalue weighted by Gasteiger charge is -2.22. The molecule has 26 heavy (non-hydrogen) atoms. The number of methoxy groups -OCH3 is 1. The van der Waals surface area contributed by atoms with E-state index in [0.29, 0.717) is 5.75 Å². The Morgan fingerprint density at radius 1 is 1.12 bits per heavy atom. The molecule has 0 fully saturated rings. The summed E-state index contributed by atoms with van der Waals surface area (Å²) in [6, 6.07) is 4.36. The van der Waals surface area contributed by atoms with E-state index in [1.165, 1.54) is 25.3 Å². The van der Waals surface area contributed by atoms with Crippen molar-refractivity contribution >= 4 is 31.3 Å². The van der Waals surface area contributed by atoms with Gasteiger partial charge in [0.05, 0.1) is 24.3 Å². The molecule has 0 bridgehead atoms. The molecule has 144 valence electrons. The Balaban J connectivity index is 3.08. The molecule has 2 N–H and O–H groups in total. The quantitative estimate of drug-likeness (QED) is 0.575. The van der Waals surface area contributed by atoms with Crippen molar-refractivity contribution in [1.29, 1.82) is 0 Å². The van der Waals surface area contributed by atoms with Gasteiger partial charge in [0.15, 0.2) is 19.7 Å². The van der Waals surface area contributed by atoms with Crippen LogP contribution in [-0.4, -0.2) is 59.3 Å². The summed E-state index contributed by atoms with van der Waals surface area (Å²) in [4.78, 5) is 13.8. The highest BCUT2D eigenvalue weighted by molar-refractivity contribution is 7.94. The molecule has 1 aromatic rings. The van der Waals surface area contributed by atoms with Gasteiger partial charge in [-0.25, -0.2) is 16.8 Å². The maximum atomic E-state index is 12.7. The predicted molar refractivity (Wildman–Crippen MR) is 101 cm³/mol. The van der Waals surface area contributed by atoms with Gasteiger partial charge in [0.25, 0.3) is 5.91 Å². The fourth-order valence-electron chi connectivity index (χ4n) is 2.01. The summed E-state index contributed by atoms with van der Waals surface area (Å²) >= 11 is 0. The Kier molecular flexibility index (Phi) is 7.40. The van der Waals surface area contributed by atoms with E-state index in [1.807, 2.05) is 0 Å². The molecule has 0 aliphatic heterocycles. The molecule has 0 spiro atoms. The normalized spacial score (nSPS) is 11.6. The standard InChI is InChI=1S/C16H22N2O6S2/c1-4-25(20,21)10-8-18(9-11-26(22,23)5-2)16(19)13-6-7-15(24-3)14(17)12-13/h4-7,12H,1-2,8-11,17H2,3H3. The number of hydrogen-bond acceptors (Lipinski definition) is 7. The molecule has 8 nitrogen and oxygen atoms in total. The fraction of sp³-hybridized carbons (Fsp3) is 0.312. The molecule has 0 aromatic heterocycles. The summed E-state index contributed by atoms with van der Waals surface area (Å²) in [6.45, 7) is 6.05. The molecule has 1 aromatic carbocycles. The van der Waals surface area contributed by atoms with Gasteiger partial charge < -0.3 is 15.4 Å². The number of anilines is 1. The molecule has 0 radical (unpaired) electrons. The minimum absolute atomic E-state index is 0.189. The molecule has 0 saturated carbocycles. The summed E-state index contributed by atoms with van der Waals surface area (Å²) in [5.74, 6) is -0.904. The van der Waals surface area contributed by atoms with E-state index in [0.717, 1.165) is 15.7 Å². The first-order chi connectivity index (χ1) is 12.0. The molecule has 0 heterocycles. The highest BCUT2D eigenvalue weighted by Crippen LogP contribution is 2.22. The van der Waals surface area contributed by atoms with E-state index in [-0.39, 0.29) is 35.8 Å². The van der Waals surface area contributed by atoms with Crippen LogP contribution in [0.4, 0.5) is 5.69 Å². The van der Waals surface area contributed by atoms with Crippen molar-refractivity contribution < 1.29 is 26.4 Å². The molecular weight excluding hydrogens is 380 g/mol. The van der Waals surface area contributed by atoms with Crippen molar-refractivity contribution in [1.82, 2.24) is 4.90 Å². The molecule has 0 saturated heterocycles. The van der Waals surface area contributed by atoms with Gasteiger partial charge in [-0.15, -0.1) is 0 Å². The Morgan fingerprint density at radius 2 is 1.62 bits per heavy atom. The number of rotatable bonds is 10. The number of carbonyl (C=O) groups is 1. The second-order valence-electron chi connectivity index (χ2n) is 5.32. The van der Waals surface area contributed by atoms with E-state index in [2.05, 4.69) is 13.2 Å². The maximum Gasteiger partial charge on any atom is 0.253 e. The molecule has 0 unspecified atom stereocenters. The smallest absolute Gasteiger partial charge is 0.253 e. The van der Waals surface area contributed by atoms with Crippen molar-refractivity contribution in [3.8, 4) is 5.75 Å². The lowest BCUT2D eigenvalue weighted by Crippen LogP contribution is -2.38. The van der Waals surface area contributed by atoms with Crippen LogP contribution in [0.1, 0.15) is 10.4 Å². The topological polar surface area (TPSA) is 124 Å². The number of nitrogen functional groups attached to an aromatic ring is 1. The Morgan fingerprint density at radius 3 is 2.00 bits per heavy atom. The zero-order valence-corrected chi connectivity index (χ0v) is 16.1. The Bertz CT molecular complexity index is 849. The van der Waals surface area contributed by atoms with Crippen molar-refractivity contribution in [2.75, 3.05) is 37.4 Å². The van der Waals surface area contributed by atoms with E-state index in [1.54, 1.807) is 0 Å². The fourth-order valence-corrected chi connectivity index (χ4v) is 3.29. The SMILES string of the molecule is C=CS(=O)(=O)CCN(CCS(=O)(=O)C=C)C(=O)c1ccc(OC)c(N)c1. The number of sulfone groups is 2. The van der Waals surface area contributed by atoms with Crippen LogP contribution in [0.25, 0.3) is 0 Å². The summed E-state index contributed by atoms with van der Waals surface area (Å²) in [5.41, 5.74) is 6.21. The third-order valence-electron chi connectivity index (χ3n) is 3.56. The molecule has 0 atom stereocenters. The van der Waals surface area contributed by atoms with Crippen molar-refractivity contribution in [2.24, 2.45) is 0 Å². The lowest BCUT2D eigenvalue weighted by atomic mass is 10.1. The summed E-state index contributed by atoms with van der Waals surface area (Å²) in [6.07, 6.45) is 0. The monoisotopic (exact) mass is 402 g/mol. The predicted octanol–water partition coefficient (Wildman–Crippen LogP) is 0.836. The van der Waals surface area contributed by atoms with Gasteiger partial charge in [-0.3, -0.25) is 4.79 Å². The number of hydrogen-bond donors (Lipinski definition) is 1. The summed E-state index contributed by atoms with van der Waals surface area (Å²) in [5, 5.41) is 1.59. The molecule has 0 aliphatic carbocycles. The van der Waals surface area contributed by atoms with E-state index in [4.69, 9.17) is 10.5 Å². The highest BCUT2D eigenvalue weighted by atomic mass is 32.2. The first kappa shape index (κ1) is 21.7. The van der Waals surface area contributed by atoms with Crippen LogP contribution in [0.2, 0.25) is 0 Å². The van der Waals surface area contributed by atoms with Crippen LogP contribution in [0.5, 0.6) is 5.75 Å². The van der Waals surface area contributed by atoms with Crippen LogP contribution in [0.15, 0.2) is 42.2 Å². The first-order valence-electron chi connectivity index (χ1n) is 7.48. The number of amides is 1. The molecule has 1 amide bonds. The van der Waals surface area contributed by atoms with Crippen molar-refractivity contribution in [3.05, 3.63) is 47.7 Å². The highest BCUT2D eigenvalue weighted by Gasteiger charge is 2.21. The van der Waals surface area contributed by atoms with Crippen LogP contribution >= 0.6 is 0 Å². The minimum atomic E-state index is -3.55. The van der Waals surface area contributed by atoms with Gasteiger partial charge in [-0.1, -0.05) is 13.2 Å². The lowest BCUT2D eigenvalue weighted by molar-refractivity contribution is 0.0775. The second-order valence-corrected chi connectivity index (χ2v) is 9.45. The maximum absolute atomic E-state index is 12.7. The Hall–Kier alpha value is -2.33. The summed E-state index contributed by atoms with van der Waals surface area (Å²) < 4.78 is 51.5. The van der Waals surface area contributed by atoms with Crippen LogP contribution in [0.3, 0.4) is 0 Å². The van der Waals surface area contributed by atoms with Crippen molar-refractivity contribution in [2.45, 2.75) is 0 Å². The minimum Gasteiger partial charge on any atom is -0.495 e. The average molecular weight is 402 g/mol.